The van der Waals surface area contributed by atoms with Gasteiger partial charge in [0.15, 0.2) is 11.2 Å². The summed E-state index contributed by atoms with van der Waals surface area (Å²) in [6.07, 6.45) is 0. The molecule has 0 aromatic carbocycles. The summed E-state index contributed by atoms with van der Waals surface area (Å²) in [4.78, 5) is 29.0. The molecule has 0 atom stereocenters. The monoisotopic (exact) mass is 290 g/mol. The SMILES string of the molecule is CC1=NN(C(C)C)c2nc3c(c(=O)n(C)c(=O)n3C)n2C1. The second-order valence-corrected chi connectivity index (χ2v) is 5.65. The van der Waals surface area contributed by atoms with Crippen molar-refractivity contribution >= 4 is 22.8 Å². The van der Waals surface area contributed by atoms with E-state index in [0.717, 1.165) is 10.3 Å². The van der Waals surface area contributed by atoms with Crippen molar-refractivity contribution in [1.29, 1.82) is 0 Å². The van der Waals surface area contributed by atoms with E-state index in [9.17, 15) is 9.59 Å². The fourth-order valence-electron chi connectivity index (χ4n) is 2.60. The first-order valence-electron chi connectivity index (χ1n) is 6.82. The van der Waals surface area contributed by atoms with Crippen LogP contribution in [0.4, 0.5) is 5.95 Å². The van der Waals surface area contributed by atoms with Gasteiger partial charge in [0.05, 0.1) is 18.3 Å². The van der Waals surface area contributed by atoms with Crippen LogP contribution in [0.15, 0.2) is 14.7 Å². The Hall–Kier alpha value is -2.38. The van der Waals surface area contributed by atoms with Gasteiger partial charge >= 0.3 is 5.69 Å². The molecular formula is C13H18N6O2. The highest BCUT2D eigenvalue weighted by Crippen LogP contribution is 2.25. The topological polar surface area (TPSA) is 77.4 Å². The van der Waals surface area contributed by atoms with Crippen LogP contribution < -0.4 is 16.3 Å². The van der Waals surface area contributed by atoms with Gasteiger partial charge in [-0.3, -0.25) is 18.5 Å². The van der Waals surface area contributed by atoms with Gasteiger partial charge in [-0.15, -0.1) is 0 Å². The van der Waals surface area contributed by atoms with Crippen molar-refractivity contribution < 1.29 is 0 Å². The number of hydrogen-bond acceptors (Lipinski definition) is 5. The van der Waals surface area contributed by atoms with Crippen LogP contribution in [0.5, 0.6) is 0 Å². The normalized spacial score (nSPS) is 14.8. The summed E-state index contributed by atoms with van der Waals surface area (Å²) in [6, 6.07) is 0.108. The maximum Gasteiger partial charge on any atom is 0.332 e. The first kappa shape index (κ1) is 13.6. The van der Waals surface area contributed by atoms with Crippen LogP contribution in [0.1, 0.15) is 20.8 Å². The van der Waals surface area contributed by atoms with E-state index < -0.39 is 0 Å². The Kier molecular flexibility index (Phi) is 2.79. The second-order valence-electron chi connectivity index (χ2n) is 5.65. The zero-order valence-corrected chi connectivity index (χ0v) is 12.8. The number of fused-ring (bicyclic) bond motifs is 3. The largest absolute Gasteiger partial charge is 0.332 e. The summed E-state index contributed by atoms with van der Waals surface area (Å²) < 4.78 is 4.34. The molecular weight excluding hydrogens is 272 g/mol. The molecule has 2 aromatic rings. The molecule has 1 aliphatic rings. The highest BCUT2D eigenvalue weighted by molar-refractivity contribution is 5.87. The lowest BCUT2D eigenvalue weighted by Gasteiger charge is -2.27. The zero-order valence-electron chi connectivity index (χ0n) is 12.8. The van der Waals surface area contributed by atoms with E-state index >= 15 is 0 Å². The molecule has 1 aliphatic heterocycles. The molecule has 8 heteroatoms. The van der Waals surface area contributed by atoms with Gasteiger partial charge < -0.3 is 0 Å². The van der Waals surface area contributed by atoms with Crippen LogP contribution in [0, 0.1) is 0 Å². The Labute approximate surface area is 120 Å². The Balaban J connectivity index is 2.46. The summed E-state index contributed by atoms with van der Waals surface area (Å²) in [5.74, 6) is 0.601. The van der Waals surface area contributed by atoms with E-state index in [1.54, 1.807) is 12.1 Å². The molecule has 0 N–H and O–H groups in total. The van der Waals surface area contributed by atoms with Gasteiger partial charge in [-0.1, -0.05) is 0 Å². The van der Waals surface area contributed by atoms with Crippen molar-refractivity contribution in [1.82, 2.24) is 18.7 Å². The van der Waals surface area contributed by atoms with E-state index in [-0.39, 0.29) is 17.3 Å². The van der Waals surface area contributed by atoms with Crippen LogP contribution in [-0.2, 0) is 20.6 Å². The smallest absolute Gasteiger partial charge is 0.297 e. The standard InChI is InChI=1S/C13H18N6O2/c1-7(2)19-12-14-10-9(18(12)6-8(3)15-19)11(20)17(5)13(21)16(10)4/h7H,6H2,1-5H3. The first-order chi connectivity index (χ1) is 9.82. The van der Waals surface area contributed by atoms with Gasteiger partial charge in [-0.25, -0.2) is 9.80 Å². The van der Waals surface area contributed by atoms with Crippen molar-refractivity contribution in [2.24, 2.45) is 19.2 Å². The summed E-state index contributed by atoms with van der Waals surface area (Å²) in [7, 11) is 3.10. The number of rotatable bonds is 1. The number of hydrazone groups is 1. The van der Waals surface area contributed by atoms with Gasteiger partial charge in [0.1, 0.15) is 0 Å². The van der Waals surface area contributed by atoms with Crippen molar-refractivity contribution in [3.8, 4) is 0 Å². The van der Waals surface area contributed by atoms with E-state index in [1.165, 1.54) is 11.6 Å². The van der Waals surface area contributed by atoms with E-state index in [2.05, 4.69) is 10.1 Å². The van der Waals surface area contributed by atoms with E-state index in [1.807, 2.05) is 25.3 Å². The van der Waals surface area contributed by atoms with Gasteiger partial charge in [-0.05, 0) is 20.8 Å². The van der Waals surface area contributed by atoms with Gasteiger partial charge in [0.2, 0.25) is 5.95 Å². The molecule has 0 unspecified atom stereocenters. The average molecular weight is 290 g/mol. The Bertz CT molecular complexity index is 883. The number of aryl methyl sites for hydroxylation is 1. The molecule has 0 bridgehead atoms. The summed E-state index contributed by atoms with van der Waals surface area (Å²) in [5, 5.41) is 6.27. The highest BCUT2D eigenvalue weighted by Gasteiger charge is 2.27. The molecule has 0 radical (unpaired) electrons. The molecule has 0 spiro atoms. The van der Waals surface area contributed by atoms with Gasteiger partial charge in [0, 0.05) is 14.1 Å². The van der Waals surface area contributed by atoms with Crippen LogP contribution in [0.25, 0.3) is 11.2 Å². The highest BCUT2D eigenvalue weighted by atomic mass is 16.2. The number of aromatic nitrogens is 4. The maximum absolute atomic E-state index is 12.4. The minimum atomic E-state index is -0.378. The molecule has 0 saturated heterocycles. The quantitative estimate of drug-likeness (QED) is 0.743. The van der Waals surface area contributed by atoms with Crippen LogP contribution in [0.3, 0.4) is 0 Å². The van der Waals surface area contributed by atoms with Gasteiger partial charge in [-0.2, -0.15) is 10.1 Å². The predicted molar refractivity (Wildman–Crippen MR) is 80.9 cm³/mol. The molecule has 3 rings (SSSR count). The maximum atomic E-state index is 12.4. The molecule has 21 heavy (non-hydrogen) atoms. The van der Waals surface area contributed by atoms with Crippen molar-refractivity contribution in [2.75, 3.05) is 5.01 Å². The molecule has 112 valence electrons. The fraction of sp³-hybridized carbons (Fsp3) is 0.538. The summed E-state index contributed by atoms with van der Waals surface area (Å²) in [5.41, 5.74) is 1.02. The first-order valence-corrected chi connectivity index (χ1v) is 6.82. The van der Waals surface area contributed by atoms with Crippen molar-refractivity contribution in [2.45, 2.75) is 33.4 Å². The number of anilines is 1. The third-order valence-electron chi connectivity index (χ3n) is 3.69. The minimum absolute atomic E-state index is 0.108. The molecule has 0 fully saturated rings. The number of hydrogen-bond donors (Lipinski definition) is 0. The third kappa shape index (κ3) is 1.75. The molecule has 0 amide bonds. The second kappa shape index (κ2) is 4.31. The van der Waals surface area contributed by atoms with Crippen LogP contribution >= 0.6 is 0 Å². The summed E-state index contributed by atoms with van der Waals surface area (Å²) >= 11 is 0. The lowest BCUT2D eigenvalue weighted by molar-refractivity contribution is 0.644. The molecule has 0 aliphatic carbocycles. The van der Waals surface area contributed by atoms with Gasteiger partial charge in [0.25, 0.3) is 5.56 Å². The van der Waals surface area contributed by atoms with Crippen molar-refractivity contribution in [3.05, 3.63) is 20.8 Å². The Morgan fingerprint density at radius 3 is 2.43 bits per heavy atom. The summed E-state index contributed by atoms with van der Waals surface area (Å²) in [6.45, 7) is 6.42. The van der Waals surface area contributed by atoms with E-state index in [0.29, 0.717) is 23.7 Å². The van der Waals surface area contributed by atoms with E-state index in [4.69, 9.17) is 0 Å². The predicted octanol–water partition coefficient (Wildman–Crippen LogP) is 0.0380. The molecule has 8 nitrogen and oxygen atoms in total. The van der Waals surface area contributed by atoms with Crippen molar-refractivity contribution in [3.63, 3.8) is 0 Å². The Morgan fingerprint density at radius 2 is 1.81 bits per heavy atom. The lowest BCUT2D eigenvalue weighted by Crippen LogP contribution is -2.38. The number of imidazole rings is 1. The Morgan fingerprint density at radius 1 is 1.14 bits per heavy atom. The zero-order chi connectivity index (χ0) is 15.5. The van der Waals surface area contributed by atoms with Crippen LogP contribution in [-0.4, -0.2) is 30.4 Å². The van der Waals surface area contributed by atoms with Crippen LogP contribution in [0.2, 0.25) is 0 Å². The molecule has 0 saturated carbocycles. The fourth-order valence-corrected chi connectivity index (χ4v) is 2.60. The lowest BCUT2D eigenvalue weighted by atomic mass is 10.3. The third-order valence-corrected chi connectivity index (χ3v) is 3.69. The molecule has 3 heterocycles. The average Bonchev–Trinajstić information content (AvgIpc) is 2.81. The molecule has 2 aromatic heterocycles. The minimum Gasteiger partial charge on any atom is -0.297 e. The number of nitrogens with zero attached hydrogens (tertiary/aromatic N) is 6.